The average molecular weight is 402 g/mol. The lowest BCUT2D eigenvalue weighted by atomic mass is 10.00. The largest absolute Gasteiger partial charge is 0.495 e. The lowest BCUT2D eigenvalue weighted by Gasteiger charge is -2.38. The van der Waals surface area contributed by atoms with Crippen molar-refractivity contribution in [3.8, 4) is 5.75 Å². The Morgan fingerprint density at radius 3 is 2.55 bits per heavy atom. The quantitative estimate of drug-likeness (QED) is 0.676. The molecule has 158 valence electrons. The van der Waals surface area contributed by atoms with E-state index in [1.165, 1.54) is 0 Å². The highest BCUT2D eigenvalue weighted by atomic mass is 16.5. The molecule has 2 aliphatic heterocycles. The van der Waals surface area contributed by atoms with Crippen molar-refractivity contribution in [2.24, 2.45) is 0 Å². The summed E-state index contributed by atoms with van der Waals surface area (Å²) >= 11 is 0. The molecule has 0 radical (unpaired) electrons. The molecule has 8 heteroatoms. The number of benzene rings is 1. The fraction of sp³-hybridized carbons (Fsp3) is 0.524. The maximum Gasteiger partial charge on any atom is 0.337 e. The van der Waals surface area contributed by atoms with Gasteiger partial charge in [0.25, 0.3) is 0 Å². The van der Waals surface area contributed by atoms with Gasteiger partial charge in [-0.3, -0.25) is 4.90 Å². The highest BCUT2D eigenvalue weighted by molar-refractivity contribution is 5.94. The Hall–Kier alpha value is -2.74. The van der Waals surface area contributed by atoms with Crippen LogP contribution in [-0.2, 0) is 9.53 Å². The molecule has 2 N–H and O–H groups in total. The number of anilines is 1. The Morgan fingerprint density at radius 2 is 1.90 bits per heavy atom. The van der Waals surface area contributed by atoms with Gasteiger partial charge in [-0.05, 0) is 25.5 Å². The van der Waals surface area contributed by atoms with Crippen LogP contribution in [0.15, 0.2) is 35.5 Å². The second-order valence-corrected chi connectivity index (χ2v) is 7.11. The first-order valence-corrected chi connectivity index (χ1v) is 10.1. The van der Waals surface area contributed by atoms with Crippen LogP contribution >= 0.6 is 0 Å². The van der Waals surface area contributed by atoms with Crippen molar-refractivity contribution in [3.05, 3.63) is 35.5 Å². The molecule has 1 aromatic rings. The molecule has 0 bridgehead atoms. The van der Waals surface area contributed by atoms with E-state index in [9.17, 15) is 9.59 Å². The molecule has 8 nitrogen and oxygen atoms in total. The molecule has 0 aromatic heterocycles. The van der Waals surface area contributed by atoms with Crippen LogP contribution in [0.5, 0.6) is 5.75 Å². The lowest BCUT2D eigenvalue weighted by molar-refractivity contribution is -0.139. The summed E-state index contributed by atoms with van der Waals surface area (Å²) in [7, 11) is 1.68. The van der Waals surface area contributed by atoms with Crippen LogP contribution < -0.4 is 20.3 Å². The molecule has 3 rings (SSSR count). The van der Waals surface area contributed by atoms with E-state index in [0.29, 0.717) is 30.8 Å². The van der Waals surface area contributed by atoms with Crippen LogP contribution in [0, 0.1) is 0 Å². The van der Waals surface area contributed by atoms with Gasteiger partial charge in [0.15, 0.2) is 0 Å². The number of esters is 1. The third-order valence-electron chi connectivity index (χ3n) is 5.33. The smallest absolute Gasteiger partial charge is 0.337 e. The minimum atomic E-state index is -0.366. The Kier molecular flexibility index (Phi) is 6.98. The van der Waals surface area contributed by atoms with E-state index < -0.39 is 0 Å². The summed E-state index contributed by atoms with van der Waals surface area (Å²) in [5, 5.41) is 5.65. The van der Waals surface area contributed by atoms with E-state index in [-0.39, 0.29) is 18.0 Å². The van der Waals surface area contributed by atoms with Gasteiger partial charge in [-0.25, -0.2) is 9.59 Å². The topological polar surface area (TPSA) is 83.1 Å². The van der Waals surface area contributed by atoms with Gasteiger partial charge in [-0.2, -0.15) is 0 Å². The van der Waals surface area contributed by atoms with Crippen LogP contribution in [0.4, 0.5) is 10.5 Å². The third kappa shape index (κ3) is 4.82. The summed E-state index contributed by atoms with van der Waals surface area (Å²) in [6.07, 6.45) is 0.632. The zero-order valence-corrected chi connectivity index (χ0v) is 17.4. The molecule has 1 fully saturated rings. The number of amides is 2. The van der Waals surface area contributed by atoms with Crippen LogP contribution in [0.3, 0.4) is 0 Å². The number of ether oxygens (including phenoxy) is 2. The van der Waals surface area contributed by atoms with E-state index in [1.54, 1.807) is 14.0 Å². The summed E-state index contributed by atoms with van der Waals surface area (Å²) in [4.78, 5) is 29.1. The zero-order valence-electron chi connectivity index (χ0n) is 17.4. The summed E-state index contributed by atoms with van der Waals surface area (Å²) in [5.74, 6) is 0.499. The molecule has 29 heavy (non-hydrogen) atoms. The summed E-state index contributed by atoms with van der Waals surface area (Å²) in [5.41, 5.74) is 2.26. The fourth-order valence-corrected chi connectivity index (χ4v) is 3.85. The van der Waals surface area contributed by atoms with Gasteiger partial charge in [0.05, 0.1) is 31.0 Å². The second kappa shape index (κ2) is 9.65. The van der Waals surface area contributed by atoms with E-state index in [4.69, 9.17) is 9.47 Å². The Balaban J connectivity index is 1.71. The van der Waals surface area contributed by atoms with Crippen LogP contribution in [0.1, 0.15) is 20.3 Å². The van der Waals surface area contributed by atoms with Crippen LogP contribution in [0.25, 0.3) is 0 Å². The Labute approximate surface area is 171 Å². The lowest BCUT2D eigenvalue weighted by Crippen LogP contribution is -2.54. The minimum Gasteiger partial charge on any atom is -0.495 e. The molecule has 2 heterocycles. The molecule has 1 aromatic carbocycles. The maximum atomic E-state index is 12.5. The van der Waals surface area contributed by atoms with Crippen molar-refractivity contribution in [1.82, 2.24) is 15.5 Å². The summed E-state index contributed by atoms with van der Waals surface area (Å²) < 4.78 is 10.7. The fourth-order valence-electron chi connectivity index (χ4n) is 3.85. The van der Waals surface area contributed by atoms with Gasteiger partial charge in [0.1, 0.15) is 5.75 Å². The number of carbonyl (C=O) groups excluding carboxylic acids is 2. The molecule has 0 aliphatic carbocycles. The first-order valence-electron chi connectivity index (χ1n) is 10.1. The van der Waals surface area contributed by atoms with Gasteiger partial charge in [-0.1, -0.05) is 19.1 Å². The monoisotopic (exact) mass is 402 g/mol. The number of nitrogens with one attached hydrogen (secondary N) is 2. The second-order valence-electron chi connectivity index (χ2n) is 7.11. The van der Waals surface area contributed by atoms with Crippen molar-refractivity contribution in [2.75, 3.05) is 51.3 Å². The third-order valence-corrected chi connectivity index (χ3v) is 5.33. The standard InChI is InChI=1S/C21H30N4O4/c1-4-15-19(20(26)29-5-2)16(23-21(27)22-15)14-24-10-12-25(13-11-24)17-8-6-7-9-18(17)28-3/h6-9,15H,4-5,10-14H2,1-3H3,(H2,22,23,27)/t15-/m0/s1. The first kappa shape index (κ1) is 21.0. The van der Waals surface area contributed by atoms with Gasteiger partial charge in [0, 0.05) is 38.4 Å². The Morgan fingerprint density at radius 1 is 1.17 bits per heavy atom. The molecule has 0 spiro atoms. The Bertz CT molecular complexity index is 772. The molecule has 1 saturated heterocycles. The highest BCUT2D eigenvalue weighted by Gasteiger charge is 2.32. The minimum absolute atomic E-state index is 0.271. The van der Waals surface area contributed by atoms with E-state index >= 15 is 0 Å². The number of para-hydroxylation sites is 2. The molecular formula is C21H30N4O4. The molecular weight excluding hydrogens is 372 g/mol. The number of piperazine rings is 1. The van der Waals surface area contributed by atoms with E-state index in [1.807, 2.05) is 25.1 Å². The van der Waals surface area contributed by atoms with Crippen molar-refractivity contribution < 1.29 is 19.1 Å². The zero-order chi connectivity index (χ0) is 20.8. The number of carbonyl (C=O) groups is 2. The number of hydrogen-bond acceptors (Lipinski definition) is 6. The average Bonchev–Trinajstić information content (AvgIpc) is 2.74. The normalized spacial score (nSPS) is 20.2. The number of hydrogen-bond donors (Lipinski definition) is 2. The summed E-state index contributed by atoms with van der Waals surface area (Å²) in [6.45, 7) is 7.85. The van der Waals surface area contributed by atoms with Gasteiger partial charge in [-0.15, -0.1) is 0 Å². The SMILES string of the molecule is CCOC(=O)C1=C(CN2CCN(c3ccccc3OC)CC2)NC(=O)N[C@H]1CC. The molecule has 0 unspecified atom stereocenters. The van der Waals surface area contributed by atoms with Gasteiger partial charge in [0.2, 0.25) is 0 Å². The predicted molar refractivity (Wildman–Crippen MR) is 111 cm³/mol. The van der Waals surface area contributed by atoms with Crippen molar-refractivity contribution >= 4 is 17.7 Å². The van der Waals surface area contributed by atoms with Crippen LogP contribution in [0.2, 0.25) is 0 Å². The van der Waals surface area contributed by atoms with Gasteiger partial charge >= 0.3 is 12.0 Å². The van der Waals surface area contributed by atoms with Gasteiger partial charge < -0.3 is 25.0 Å². The number of rotatable bonds is 7. The van der Waals surface area contributed by atoms with E-state index in [2.05, 4.69) is 26.5 Å². The predicted octanol–water partition coefficient (Wildman–Crippen LogP) is 1.73. The first-order chi connectivity index (χ1) is 14.1. The maximum absolute atomic E-state index is 12.5. The number of urea groups is 1. The van der Waals surface area contributed by atoms with Crippen molar-refractivity contribution in [3.63, 3.8) is 0 Å². The molecule has 1 atom stereocenters. The van der Waals surface area contributed by atoms with Crippen LogP contribution in [-0.4, -0.2) is 69.4 Å². The van der Waals surface area contributed by atoms with E-state index in [0.717, 1.165) is 37.6 Å². The molecule has 2 aliphatic rings. The molecule has 2 amide bonds. The number of methoxy groups -OCH3 is 1. The highest BCUT2D eigenvalue weighted by Crippen LogP contribution is 2.28. The molecule has 0 saturated carbocycles. The summed E-state index contributed by atoms with van der Waals surface area (Å²) in [6, 6.07) is 7.41. The number of nitrogens with zero attached hydrogens (tertiary/aromatic N) is 2. The van der Waals surface area contributed by atoms with Crippen molar-refractivity contribution in [1.29, 1.82) is 0 Å². The van der Waals surface area contributed by atoms with Crippen molar-refractivity contribution in [2.45, 2.75) is 26.3 Å².